The van der Waals surface area contributed by atoms with Gasteiger partial charge in [-0.2, -0.15) is 8.78 Å². The van der Waals surface area contributed by atoms with Gasteiger partial charge >= 0.3 is 12.7 Å². The fourth-order valence-electron chi connectivity index (χ4n) is 3.24. The van der Waals surface area contributed by atoms with Gasteiger partial charge in [-0.25, -0.2) is 4.79 Å². The molecule has 1 fully saturated rings. The molecular formula is C22H23ClF2N4O8S. The van der Waals surface area contributed by atoms with Crippen LogP contribution in [-0.2, 0) is 19.1 Å². The standard InChI is InChI=1S/C22H23ClF2N4O8S/c23-17-4-3-16(38-17)20(33)26-10-14(28-22(34)36-8-6-30)19(32)27-13-2-1-12(9-15(13)37-21(24)25)29-5-7-35-11-18(29)31/h1-4,9,14,21,30H,5-8,10-11H2,(H,26,33)(H,27,32)(H,28,34)/t14-/m0/s1. The normalized spacial score (nSPS) is 14.1. The second-order valence-corrected chi connectivity index (χ2v) is 9.23. The number of morpholine rings is 1. The molecule has 1 aliphatic heterocycles. The zero-order chi connectivity index (χ0) is 27.7. The van der Waals surface area contributed by atoms with E-state index in [9.17, 15) is 28.0 Å². The fourth-order valence-corrected chi connectivity index (χ4v) is 4.20. The van der Waals surface area contributed by atoms with Crippen LogP contribution in [0.5, 0.6) is 5.75 Å². The topological polar surface area (TPSA) is 156 Å². The maximum Gasteiger partial charge on any atom is 0.407 e. The molecule has 0 unspecified atom stereocenters. The van der Waals surface area contributed by atoms with Crippen molar-refractivity contribution in [3.05, 3.63) is 39.5 Å². The summed E-state index contributed by atoms with van der Waals surface area (Å²) in [5.41, 5.74) is 0.0581. The molecule has 1 aromatic heterocycles. The molecule has 0 radical (unpaired) electrons. The molecule has 16 heteroatoms. The first-order valence-electron chi connectivity index (χ1n) is 11.0. The number of amides is 4. The monoisotopic (exact) mass is 576 g/mol. The number of nitrogens with one attached hydrogen (secondary N) is 3. The highest BCUT2D eigenvalue weighted by Gasteiger charge is 2.26. The lowest BCUT2D eigenvalue weighted by Gasteiger charge is -2.27. The third-order valence-corrected chi connectivity index (χ3v) is 6.16. The van der Waals surface area contributed by atoms with E-state index in [-0.39, 0.29) is 48.5 Å². The summed E-state index contributed by atoms with van der Waals surface area (Å²) in [7, 11) is 0. The van der Waals surface area contributed by atoms with Crippen LogP contribution >= 0.6 is 22.9 Å². The largest absolute Gasteiger partial charge is 0.447 e. The summed E-state index contributed by atoms with van der Waals surface area (Å²) < 4.78 is 40.9. The smallest absolute Gasteiger partial charge is 0.407 e. The average molecular weight is 577 g/mol. The minimum atomic E-state index is -3.25. The SMILES string of the molecule is O=C(N[C@@H](CNC(=O)c1ccc(Cl)s1)C(=O)Nc1ccc(N2CCOCC2=O)cc1OC(F)F)OCCO. The van der Waals surface area contributed by atoms with Crippen LogP contribution < -0.4 is 25.6 Å². The van der Waals surface area contributed by atoms with Gasteiger partial charge in [0.1, 0.15) is 19.3 Å². The molecule has 4 N–H and O–H groups in total. The molecule has 1 saturated heterocycles. The van der Waals surface area contributed by atoms with Gasteiger partial charge in [-0.15, -0.1) is 11.3 Å². The number of thiophene rings is 1. The summed E-state index contributed by atoms with van der Waals surface area (Å²) in [5, 5.41) is 15.9. The zero-order valence-corrected chi connectivity index (χ0v) is 21.2. The lowest BCUT2D eigenvalue weighted by Crippen LogP contribution is -2.50. The quantitative estimate of drug-likeness (QED) is 0.316. The van der Waals surface area contributed by atoms with Gasteiger partial charge in [0.15, 0.2) is 5.75 Å². The van der Waals surface area contributed by atoms with Crippen LogP contribution in [0.1, 0.15) is 9.67 Å². The molecule has 12 nitrogen and oxygen atoms in total. The molecule has 1 aromatic carbocycles. The third-order valence-electron chi connectivity index (χ3n) is 4.93. The number of rotatable bonds is 11. The Morgan fingerprint density at radius 3 is 2.68 bits per heavy atom. The van der Waals surface area contributed by atoms with E-state index in [0.29, 0.717) is 4.34 Å². The van der Waals surface area contributed by atoms with Crippen LogP contribution in [0.3, 0.4) is 0 Å². The van der Waals surface area contributed by atoms with E-state index in [1.165, 1.54) is 29.2 Å². The second kappa shape index (κ2) is 13.9. The van der Waals surface area contributed by atoms with Crippen molar-refractivity contribution in [2.24, 2.45) is 0 Å². The zero-order valence-electron chi connectivity index (χ0n) is 19.6. The van der Waals surface area contributed by atoms with Crippen LogP contribution in [0.25, 0.3) is 0 Å². The van der Waals surface area contributed by atoms with Gasteiger partial charge < -0.3 is 40.2 Å². The van der Waals surface area contributed by atoms with E-state index in [4.69, 9.17) is 26.2 Å². The van der Waals surface area contributed by atoms with Gasteiger partial charge in [0.2, 0.25) is 5.91 Å². The molecule has 2 heterocycles. The van der Waals surface area contributed by atoms with Crippen molar-refractivity contribution in [2.75, 3.05) is 49.7 Å². The minimum absolute atomic E-state index is 0.174. The van der Waals surface area contributed by atoms with E-state index in [1.807, 2.05) is 0 Å². The molecule has 0 spiro atoms. The molecule has 2 aromatic rings. The van der Waals surface area contributed by atoms with Crippen molar-refractivity contribution in [2.45, 2.75) is 12.7 Å². The van der Waals surface area contributed by atoms with Gasteiger partial charge in [-0.05, 0) is 24.3 Å². The van der Waals surface area contributed by atoms with Crippen LogP contribution in [0, 0.1) is 0 Å². The van der Waals surface area contributed by atoms with Crippen LogP contribution in [-0.4, -0.2) is 81.1 Å². The number of hydrogen-bond acceptors (Lipinski definition) is 9. The van der Waals surface area contributed by atoms with Crippen LogP contribution in [0.2, 0.25) is 4.34 Å². The summed E-state index contributed by atoms with van der Waals surface area (Å²) in [5.74, 6) is -2.32. The lowest BCUT2D eigenvalue weighted by molar-refractivity contribution is -0.125. The Morgan fingerprint density at radius 2 is 2.03 bits per heavy atom. The van der Waals surface area contributed by atoms with E-state index < -0.39 is 49.5 Å². The molecule has 206 valence electrons. The van der Waals surface area contributed by atoms with Crippen molar-refractivity contribution < 1.29 is 47.3 Å². The Balaban J connectivity index is 1.78. The molecule has 38 heavy (non-hydrogen) atoms. The Labute approximate surface area is 223 Å². The van der Waals surface area contributed by atoms with E-state index in [0.717, 1.165) is 17.4 Å². The number of carbonyl (C=O) groups is 4. The minimum Gasteiger partial charge on any atom is -0.447 e. The van der Waals surface area contributed by atoms with E-state index >= 15 is 0 Å². The highest BCUT2D eigenvalue weighted by molar-refractivity contribution is 7.18. The number of benzene rings is 1. The van der Waals surface area contributed by atoms with Gasteiger partial charge in [-0.3, -0.25) is 14.4 Å². The average Bonchev–Trinajstić information content (AvgIpc) is 3.32. The van der Waals surface area contributed by atoms with Crippen molar-refractivity contribution >= 4 is 58.1 Å². The number of hydrogen-bond donors (Lipinski definition) is 4. The fraction of sp³-hybridized carbons (Fsp3) is 0.364. The number of aliphatic hydroxyl groups is 1. The van der Waals surface area contributed by atoms with Crippen LogP contribution in [0.4, 0.5) is 25.0 Å². The lowest BCUT2D eigenvalue weighted by atomic mass is 10.2. The first-order valence-corrected chi connectivity index (χ1v) is 12.2. The predicted molar refractivity (Wildman–Crippen MR) is 132 cm³/mol. The van der Waals surface area contributed by atoms with Gasteiger partial charge in [0.25, 0.3) is 11.8 Å². The third kappa shape index (κ3) is 8.24. The van der Waals surface area contributed by atoms with E-state index in [2.05, 4.69) is 20.7 Å². The van der Waals surface area contributed by atoms with Gasteiger partial charge in [0.05, 0.1) is 28.1 Å². The van der Waals surface area contributed by atoms with E-state index in [1.54, 1.807) is 0 Å². The first kappa shape index (κ1) is 29.0. The molecule has 0 bridgehead atoms. The summed E-state index contributed by atoms with van der Waals surface area (Å²) in [6.07, 6.45) is -1.07. The molecule has 4 amide bonds. The number of aliphatic hydroxyl groups excluding tert-OH is 1. The Morgan fingerprint density at radius 1 is 1.24 bits per heavy atom. The van der Waals surface area contributed by atoms with Gasteiger partial charge in [-0.1, -0.05) is 11.6 Å². The number of carbonyl (C=O) groups excluding carboxylic acids is 4. The maximum absolute atomic E-state index is 13.1. The number of alkyl halides is 2. The van der Waals surface area contributed by atoms with Crippen LogP contribution in [0.15, 0.2) is 30.3 Å². The van der Waals surface area contributed by atoms with Gasteiger partial charge in [0, 0.05) is 24.8 Å². The Bertz CT molecular complexity index is 1170. The number of nitrogens with zero attached hydrogens (tertiary/aromatic N) is 1. The summed E-state index contributed by atoms with van der Waals surface area (Å²) in [6, 6.07) is 5.37. The second-order valence-electron chi connectivity index (χ2n) is 7.52. The van der Waals surface area contributed by atoms with Crippen molar-refractivity contribution in [1.29, 1.82) is 0 Å². The van der Waals surface area contributed by atoms with Crippen molar-refractivity contribution in [3.8, 4) is 5.75 Å². The summed E-state index contributed by atoms with van der Waals surface area (Å²) in [6.45, 7) is -4.22. The Hall–Kier alpha value is -3.53. The number of halogens is 3. The number of anilines is 2. The van der Waals surface area contributed by atoms with Crippen molar-refractivity contribution in [1.82, 2.24) is 10.6 Å². The maximum atomic E-state index is 13.1. The number of alkyl carbamates (subject to hydrolysis) is 1. The highest BCUT2D eigenvalue weighted by atomic mass is 35.5. The Kier molecular flexibility index (Phi) is 10.6. The molecule has 1 aliphatic rings. The number of ether oxygens (including phenoxy) is 3. The highest BCUT2D eigenvalue weighted by Crippen LogP contribution is 2.32. The predicted octanol–water partition coefficient (Wildman–Crippen LogP) is 1.82. The summed E-state index contributed by atoms with van der Waals surface area (Å²) >= 11 is 6.83. The molecular weight excluding hydrogens is 554 g/mol. The molecule has 0 saturated carbocycles. The summed E-state index contributed by atoms with van der Waals surface area (Å²) in [4.78, 5) is 51.1. The molecule has 1 atom stereocenters. The molecule has 0 aliphatic carbocycles. The first-order chi connectivity index (χ1) is 18.2. The molecule has 3 rings (SSSR count). The van der Waals surface area contributed by atoms with Crippen molar-refractivity contribution in [3.63, 3.8) is 0 Å².